The zero-order valence-electron chi connectivity index (χ0n) is 11.0. The van der Waals surface area contributed by atoms with Crippen LogP contribution in [0.25, 0.3) is 0 Å². The van der Waals surface area contributed by atoms with Gasteiger partial charge in [-0.25, -0.2) is 13.2 Å². The van der Waals surface area contributed by atoms with E-state index in [1.165, 1.54) is 0 Å². The van der Waals surface area contributed by atoms with Crippen LogP contribution in [0, 0.1) is 5.92 Å². The lowest BCUT2D eigenvalue weighted by Gasteiger charge is -2.13. The summed E-state index contributed by atoms with van der Waals surface area (Å²) in [5.41, 5.74) is 0. The first kappa shape index (κ1) is 16.9. The first-order valence-electron chi connectivity index (χ1n) is 5.84. The number of nitrogens with one attached hydrogen (secondary N) is 1. The molecular formula is C11H21NO5S. The van der Waals surface area contributed by atoms with Crippen LogP contribution in [0.15, 0.2) is 0 Å². The average molecular weight is 279 g/mol. The minimum atomic E-state index is -3.46. The van der Waals surface area contributed by atoms with Gasteiger partial charge in [0.05, 0.1) is 11.5 Å². The molecule has 0 heterocycles. The van der Waals surface area contributed by atoms with E-state index in [0.717, 1.165) is 13.3 Å². The molecule has 1 unspecified atom stereocenters. The van der Waals surface area contributed by atoms with Gasteiger partial charge in [0.2, 0.25) is 5.91 Å². The molecule has 7 heteroatoms. The summed E-state index contributed by atoms with van der Waals surface area (Å²) in [6.07, 6.45) is 1.28. The van der Waals surface area contributed by atoms with Gasteiger partial charge in [-0.05, 0) is 12.3 Å². The first-order chi connectivity index (χ1) is 8.14. The maximum Gasteiger partial charge on any atom is 0.327 e. The van der Waals surface area contributed by atoms with Gasteiger partial charge in [-0.2, -0.15) is 0 Å². The number of aliphatic carboxylic acids is 1. The molecule has 0 aliphatic rings. The number of carboxylic acids is 1. The highest BCUT2D eigenvalue weighted by Gasteiger charge is 2.25. The van der Waals surface area contributed by atoms with Gasteiger partial charge in [-0.3, -0.25) is 4.79 Å². The largest absolute Gasteiger partial charge is 0.480 e. The lowest BCUT2D eigenvalue weighted by atomic mass is 10.1. The van der Waals surface area contributed by atoms with Crippen LogP contribution in [0.1, 0.15) is 33.6 Å². The van der Waals surface area contributed by atoms with Crippen molar-refractivity contribution < 1.29 is 23.1 Å². The van der Waals surface area contributed by atoms with E-state index in [4.69, 9.17) is 5.11 Å². The van der Waals surface area contributed by atoms with Crippen molar-refractivity contribution in [3.63, 3.8) is 0 Å². The quantitative estimate of drug-likeness (QED) is 0.671. The van der Waals surface area contributed by atoms with Crippen LogP contribution in [0.2, 0.25) is 0 Å². The highest BCUT2D eigenvalue weighted by Crippen LogP contribution is 2.07. The van der Waals surface area contributed by atoms with Crippen molar-refractivity contribution in [1.82, 2.24) is 5.32 Å². The van der Waals surface area contributed by atoms with E-state index in [-0.39, 0.29) is 5.75 Å². The number of rotatable bonds is 8. The van der Waals surface area contributed by atoms with Gasteiger partial charge in [0.1, 0.15) is 6.04 Å². The summed E-state index contributed by atoms with van der Waals surface area (Å²) in [6.45, 7) is 5.13. The highest BCUT2D eigenvalue weighted by molar-refractivity contribution is 7.91. The summed E-state index contributed by atoms with van der Waals surface area (Å²) in [6, 6.07) is -1.37. The van der Waals surface area contributed by atoms with Crippen molar-refractivity contribution >= 4 is 21.7 Å². The Hall–Kier alpha value is -1.11. The minimum Gasteiger partial charge on any atom is -0.480 e. The Bertz CT molecular complexity index is 388. The van der Waals surface area contributed by atoms with Gasteiger partial charge in [-0.1, -0.05) is 20.3 Å². The van der Waals surface area contributed by atoms with Gasteiger partial charge in [0.15, 0.2) is 9.84 Å². The molecule has 0 saturated carbocycles. The van der Waals surface area contributed by atoms with E-state index in [2.05, 4.69) is 5.32 Å². The van der Waals surface area contributed by atoms with E-state index in [0.29, 0.717) is 12.3 Å². The summed E-state index contributed by atoms with van der Waals surface area (Å²) in [5, 5.41) is 10.9. The van der Waals surface area contributed by atoms with Crippen molar-refractivity contribution in [2.45, 2.75) is 39.7 Å². The highest BCUT2D eigenvalue weighted by atomic mass is 32.2. The predicted octanol–water partition coefficient (Wildman–Crippen LogP) is 0.427. The van der Waals surface area contributed by atoms with Crippen molar-refractivity contribution in [1.29, 1.82) is 0 Å². The Labute approximate surface area is 108 Å². The summed E-state index contributed by atoms with van der Waals surface area (Å²) >= 11 is 0. The number of hydrogen-bond donors (Lipinski definition) is 2. The maximum atomic E-state index is 11.7. The topological polar surface area (TPSA) is 101 Å². The fraction of sp³-hybridized carbons (Fsp3) is 0.818. The molecule has 0 fully saturated rings. The van der Waals surface area contributed by atoms with Crippen molar-refractivity contribution in [2.75, 3.05) is 11.5 Å². The van der Waals surface area contributed by atoms with Crippen LogP contribution in [0.3, 0.4) is 0 Å². The second kappa shape index (κ2) is 7.35. The molecule has 0 spiro atoms. The van der Waals surface area contributed by atoms with Crippen LogP contribution >= 0.6 is 0 Å². The smallest absolute Gasteiger partial charge is 0.327 e. The third-order valence-electron chi connectivity index (χ3n) is 2.33. The standard InChI is InChI=1S/C11H21NO5S/c1-8(2)5-4-6-18(16,17)7-10(11(14)15)12-9(3)13/h8,10H,4-7H2,1-3H3,(H,12,13)(H,14,15). The molecule has 2 N–H and O–H groups in total. The Kier molecular flexibility index (Phi) is 6.90. The normalized spacial score (nSPS) is 13.3. The van der Waals surface area contributed by atoms with E-state index in [1.807, 2.05) is 13.8 Å². The second-order valence-electron chi connectivity index (χ2n) is 4.74. The molecule has 0 aliphatic carbocycles. The zero-order chi connectivity index (χ0) is 14.3. The van der Waals surface area contributed by atoms with Crippen molar-refractivity contribution in [3.8, 4) is 0 Å². The van der Waals surface area contributed by atoms with Gasteiger partial charge in [0, 0.05) is 6.92 Å². The zero-order valence-corrected chi connectivity index (χ0v) is 11.8. The molecule has 0 radical (unpaired) electrons. The molecule has 0 aliphatic heterocycles. The van der Waals surface area contributed by atoms with Crippen LogP contribution in [0.4, 0.5) is 0 Å². The van der Waals surface area contributed by atoms with Gasteiger partial charge in [0.25, 0.3) is 0 Å². The number of carbonyl (C=O) groups excluding carboxylic acids is 1. The fourth-order valence-corrected chi connectivity index (χ4v) is 2.98. The Morgan fingerprint density at radius 3 is 2.22 bits per heavy atom. The molecule has 0 bridgehead atoms. The minimum absolute atomic E-state index is 0.0471. The third kappa shape index (κ3) is 8.05. The number of hydrogen-bond acceptors (Lipinski definition) is 4. The second-order valence-corrected chi connectivity index (χ2v) is 6.97. The average Bonchev–Trinajstić information content (AvgIpc) is 2.14. The molecule has 0 rings (SSSR count). The van der Waals surface area contributed by atoms with E-state index < -0.39 is 33.5 Å². The van der Waals surface area contributed by atoms with Crippen LogP contribution in [-0.4, -0.2) is 42.9 Å². The van der Waals surface area contributed by atoms with E-state index >= 15 is 0 Å². The molecule has 6 nitrogen and oxygen atoms in total. The predicted molar refractivity (Wildman–Crippen MR) is 68.0 cm³/mol. The summed E-state index contributed by atoms with van der Waals surface area (Å²) in [7, 11) is -3.46. The molecular weight excluding hydrogens is 258 g/mol. The molecule has 0 aromatic carbocycles. The lowest BCUT2D eigenvalue weighted by Crippen LogP contribution is -2.44. The number of amides is 1. The maximum absolute atomic E-state index is 11.7. The summed E-state index contributed by atoms with van der Waals surface area (Å²) in [4.78, 5) is 21.6. The molecule has 1 amide bonds. The Morgan fingerprint density at radius 1 is 1.28 bits per heavy atom. The fourth-order valence-electron chi connectivity index (χ4n) is 1.47. The Morgan fingerprint density at radius 2 is 1.83 bits per heavy atom. The Balaban J connectivity index is 4.42. The van der Waals surface area contributed by atoms with Gasteiger partial charge >= 0.3 is 5.97 Å². The van der Waals surface area contributed by atoms with Crippen molar-refractivity contribution in [3.05, 3.63) is 0 Å². The number of carbonyl (C=O) groups is 2. The van der Waals surface area contributed by atoms with E-state index in [1.54, 1.807) is 0 Å². The van der Waals surface area contributed by atoms with Crippen LogP contribution < -0.4 is 5.32 Å². The molecule has 0 saturated heterocycles. The molecule has 0 aromatic rings. The van der Waals surface area contributed by atoms with Crippen LogP contribution in [-0.2, 0) is 19.4 Å². The number of carboxylic acid groups (broad SMARTS) is 1. The molecule has 18 heavy (non-hydrogen) atoms. The first-order valence-corrected chi connectivity index (χ1v) is 7.66. The van der Waals surface area contributed by atoms with E-state index in [9.17, 15) is 18.0 Å². The van der Waals surface area contributed by atoms with Gasteiger partial charge in [-0.15, -0.1) is 0 Å². The molecule has 1 atom stereocenters. The number of sulfone groups is 1. The molecule has 0 aromatic heterocycles. The van der Waals surface area contributed by atoms with Crippen LogP contribution in [0.5, 0.6) is 0 Å². The third-order valence-corrected chi connectivity index (χ3v) is 4.08. The van der Waals surface area contributed by atoms with Crippen molar-refractivity contribution in [2.24, 2.45) is 5.92 Å². The monoisotopic (exact) mass is 279 g/mol. The lowest BCUT2D eigenvalue weighted by molar-refractivity contribution is -0.140. The molecule has 106 valence electrons. The summed E-state index contributed by atoms with van der Waals surface area (Å²) < 4.78 is 23.4. The van der Waals surface area contributed by atoms with Gasteiger partial charge < -0.3 is 10.4 Å². The SMILES string of the molecule is CC(=O)NC(CS(=O)(=O)CCCC(C)C)C(=O)O. The summed E-state index contributed by atoms with van der Waals surface area (Å²) in [5.74, 6) is -2.09.